The highest BCUT2D eigenvalue weighted by molar-refractivity contribution is 5.82. The molecule has 1 rings (SSSR count). The molecule has 1 aromatic carbocycles. The van der Waals surface area contributed by atoms with Gasteiger partial charge in [0.05, 0.1) is 18.4 Å². The predicted molar refractivity (Wildman–Crippen MR) is 102 cm³/mol. The number of aliphatic carboxylic acids is 2. The molecule has 0 heterocycles. The largest absolute Gasteiger partial charge is 0.493 e. The minimum absolute atomic E-state index is 0.163. The molecule has 146 valence electrons. The van der Waals surface area contributed by atoms with Crippen molar-refractivity contribution in [2.75, 3.05) is 6.61 Å². The zero-order valence-electron chi connectivity index (χ0n) is 16.5. The Hall–Kier alpha value is -2.04. The van der Waals surface area contributed by atoms with E-state index in [4.69, 9.17) is 4.74 Å². The highest BCUT2D eigenvalue weighted by Crippen LogP contribution is 2.39. The van der Waals surface area contributed by atoms with Crippen LogP contribution in [0.25, 0.3) is 0 Å². The first-order valence-electron chi connectivity index (χ1n) is 9.40. The van der Waals surface area contributed by atoms with Gasteiger partial charge in [0, 0.05) is 5.56 Å². The van der Waals surface area contributed by atoms with E-state index in [-0.39, 0.29) is 11.8 Å². The Balaban J connectivity index is 3.57. The summed E-state index contributed by atoms with van der Waals surface area (Å²) in [7, 11) is 0. The molecule has 0 radical (unpaired) electrons. The highest BCUT2D eigenvalue weighted by atomic mass is 16.5. The summed E-state index contributed by atoms with van der Waals surface area (Å²) in [6.07, 6.45) is 1.68. The monoisotopic (exact) mass is 364 g/mol. The van der Waals surface area contributed by atoms with Crippen LogP contribution in [0.4, 0.5) is 0 Å². The van der Waals surface area contributed by atoms with Crippen LogP contribution in [0.3, 0.4) is 0 Å². The first-order valence-corrected chi connectivity index (χ1v) is 9.40. The average Bonchev–Trinajstić information content (AvgIpc) is 2.54. The van der Waals surface area contributed by atoms with Crippen molar-refractivity contribution in [3.8, 4) is 5.75 Å². The van der Waals surface area contributed by atoms with E-state index >= 15 is 0 Å². The van der Waals surface area contributed by atoms with Crippen LogP contribution in [-0.4, -0.2) is 28.8 Å². The van der Waals surface area contributed by atoms with E-state index in [9.17, 15) is 19.8 Å². The first kappa shape index (κ1) is 22.0. The molecule has 2 unspecified atom stereocenters. The van der Waals surface area contributed by atoms with Crippen LogP contribution in [0.15, 0.2) is 18.2 Å². The number of carbonyl (C=O) groups is 2. The Morgan fingerprint density at radius 3 is 1.96 bits per heavy atom. The minimum Gasteiger partial charge on any atom is -0.493 e. The summed E-state index contributed by atoms with van der Waals surface area (Å²) in [6, 6.07) is 5.25. The van der Waals surface area contributed by atoms with E-state index in [2.05, 4.69) is 0 Å². The summed E-state index contributed by atoms with van der Waals surface area (Å²) in [5.41, 5.74) is 1.09. The molecule has 0 aliphatic heterocycles. The first-order chi connectivity index (χ1) is 12.2. The third-order valence-electron chi connectivity index (χ3n) is 4.30. The topological polar surface area (TPSA) is 83.8 Å². The van der Waals surface area contributed by atoms with Crippen LogP contribution >= 0.6 is 0 Å². The lowest BCUT2D eigenvalue weighted by Gasteiger charge is -2.25. The average molecular weight is 364 g/mol. The molecule has 0 fully saturated rings. The maximum atomic E-state index is 12.0. The molecule has 0 amide bonds. The maximum absolute atomic E-state index is 12.0. The van der Waals surface area contributed by atoms with Gasteiger partial charge in [0.25, 0.3) is 0 Å². The van der Waals surface area contributed by atoms with E-state index < -0.39 is 23.8 Å². The third-order valence-corrected chi connectivity index (χ3v) is 4.30. The fourth-order valence-electron chi connectivity index (χ4n) is 3.22. The standard InChI is InChI=1S/C21H32O5/c1-6-10-26-18-9-7-8-15(16(20(22)23)11-13(2)3)19(18)17(21(24)25)12-14(4)5/h7-9,13-14,16-17H,6,10-12H2,1-5H3,(H,22,23)(H,24,25). The number of hydrogen-bond acceptors (Lipinski definition) is 3. The van der Waals surface area contributed by atoms with Gasteiger partial charge in [0.1, 0.15) is 5.75 Å². The van der Waals surface area contributed by atoms with Crippen molar-refractivity contribution in [3.63, 3.8) is 0 Å². The molecule has 2 N–H and O–H groups in total. The zero-order valence-corrected chi connectivity index (χ0v) is 16.5. The molecule has 2 atom stereocenters. The molecular formula is C21H32O5. The summed E-state index contributed by atoms with van der Waals surface area (Å²) in [5, 5.41) is 19.6. The van der Waals surface area contributed by atoms with Crippen LogP contribution < -0.4 is 4.74 Å². The van der Waals surface area contributed by atoms with Crippen molar-refractivity contribution in [3.05, 3.63) is 29.3 Å². The zero-order chi connectivity index (χ0) is 19.9. The molecule has 5 heteroatoms. The second-order valence-electron chi connectivity index (χ2n) is 7.65. The fourth-order valence-corrected chi connectivity index (χ4v) is 3.22. The molecule has 0 saturated heterocycles. The Morgan fingerprint density at radius 1 is 0.962 bits per heavy atom. The van der Waals surface area contributed by atoms with Gasteiger partial charge in [-0.05, 0) is 42.7 Å². The van der Waals surface area contributed by atoms with E-state index in [1.165, 1.54) is 0 Å². The third kappa shape index (κ3) is 6.04. The van der Waals surface area contributed by atoms with Gasteiger partial charge in [-0.25, -0.2) is 0 Å². The second kappa shape index (κ2) is 10.2. The lowest BCUT2D eigenvalue weighted by atomic mass is 9.80. The lowest BCUT2D eigenvalue weighted by molar-refractivity contribution is -0.140. The molecule has 5 nitrogen and oxygen atoms in total. The summed E-state index contributed by atoms with van der Waals surface area (Å²) in [5.74, 6) is -2.57. The quantitative estimate of drug-likeness (QED) is 0.583. The Bertz CT molecular complexity index is 606. The SMILES string of the molecule is CCCOc1cccc(C(CC(C)C)C(=O)O)c1C(CC(C)C)C(=O)O. The van der Waals surface area contributed by atoms with Gasteiger partial charge in [0.15, 0.2) is 0 Å². The fraction of sp³-hybridized carbons (Fsp3) is 0.619. The molecular weight excluding hydrogens is 332 g/mol. The second-order valence-corrected chi connectivity index (χ2v) is 7.65. The number of rotatable bonds is 11. The molecule has 0 aromatic heterocycles. The van der Waals surface area contributed by atoms with Gasteiger partial charge in [-0.2, -0.15) is 0 Å². The van der Waals surface area contributed by atoms with Crippen molar-refractivity contribution in [2.45, 2.75) is 65.7 Å². The number of hydrogen-bond donors (Lipinski definition) is 2. The van der Waals surface area contributed by atoms with Crippen LogP contribution in [0, 0.1) is 11.8 Å². The normalized spacial score (nSPS) is 13.7. The molecule has 0 aliphatic carbocycles. The Morgan fingerprint density at radius 2 is 1.50 bits per heavy atom. The van der Waals surface area contributed by atoms with Crippen LogP contribution in [0.1, 0.15) is 76.8 Å². The van der Waals surface area contributed by atoms with Crippen molar-refractivity contribution in [1.82, 2.24) is 0 Å². The van der Waals surface area contributed by atoms with Gasteiger partial charge in [-0.1, -0.05) is 46.8 Å². The Labute approximate surface area is 156 Å². The van der Waals surface area contributed by atoms with Crippen molar-refractivity contribution < 1.29 is 24.5 Å². The van der Waals surface area contributed by atoms with E-state index in [0.29, 0.717) is 36.3 Å². The number of benzene rings is 1. The van der Waals surface area contributed by atoms with Gasteiger partial charge in [-0.15, -0.1) is 0 Å². The Kier molecular flexibility index (Phi) is 8.62. The molecule has 1 aromatic rings. The number of carboxylic acids is 2. The molecule has 0 bridgehead atoms. The summed E-state index contributed by atoms with van der Waals surface area (Å²) < 4.78 is 5.82. The summed E-state index contributed by atoms with van der Waals surface area (Å²) >= 11 is 0. The number of ether oxygens (including phenoxy) is 1. The predicted octanol–water partition coefficient (Wildman–Crippen LogP) is 4.90. The van der Waals surface area contributed by atoms with Gasteiger partial charge >= 0.3 is 11.9 Å². The van der Waals surface area contributed by atoms with Gasteiger partial charge in [-0.3, -0.25) is 9.59 Å². The van der Waals surface area contributed by atoms with Gasteiger partial charge < -0.3 is 14.9 Å². The molecule has 0 aliphatic rings. The van der Waals surface area contributed by atoms with E-state index in [0.717, 1.165) is 6.42 Å². The number of carboxylic acid groups (broad SMARTS) is 2. The minimum atomic E-state index is -0.943. The van der Waals surface area contributed by atoms with Crippen molar-refractivity contribution >= 4 is 11.9 Å². The van der Waals surface area contributed by atoms with E-state index in [1.54, 1.807) is 18.2 Å². The smallest absolute Gasteiger partial charge is 0.311 e. The lowest BCUT2D eigenvalue weighted by Crippen LogP contribution is -2.22. The summed E-state index contributed by atoms with van der Waals surface area (Å²) in [6.45, 7) is 10.3. The molecule has 0 saturated carbocycles. The van der Waals surface area contributed by atoms with Crippen molar-refractivity contribution in [1.29, 1.82) is 0 Å². The molecule has 26 heavy (non-hydrogen) atoms. The van der Waals surface area contributed by atoms with Gasteiger partial charge in [0.2, 0.25) is 0 Å². The van der Waals surface area contributed by atoms with E-state index in [1.807, 2.05) is 34.6 Å². The van der Waals surface area contributed by atoms with Crippen LogP contribution in [0.2, 0.25) is 0 Å². The van der Waals surface area contributed by atoms with Crippen LogP contribution in [0.5, 0.6) is 5.75 Å². The molecule has 0 spiro atoms. The highest BCUT2D eigenvalue weighted by Gasteiger charge is 2.32. The van der Waals surface area contributed by atoms with Crippen LogP contribution in [-0.2, 0) is 9.59 Å². The van der Waals surface area contributed by atoms with Crippen molar-refractivity contribution in [2.24, 2.45) is 11.8 Å². The maximum Gasteiger partial charge on any atom is 0.311 e. The summed E-state index contributed by atoms with van der Waals surface area (Å²) in [4.78, 5) is 24.0.